The summed E-state index contributed by atoms with van der Waals surface area (Å²) < 4.78 is 30.0. The lowest BCUT2D eigenvalue weighted by molar-refractivity contribution is -0.119. The molecule has 0 saturated carbocycles. The van der Waals surface area contributed by atoms with E-state index in [1.54, 1.807) is 37.7 Å². The van der Waals surface area contributed by atoms with E-state index in [1.165, 1.54) is 22.7 Å². The van der Waals surface area contributed by atoms with Crippen molar-refractivity contribution in [3.63, 3.8) is 0 Å². The smallest absolute Gasteiger partial charge is 0.268 e. The lowest BCUT2D eigenvalue weighted by atomic mass is 9.97. The van der Waals surface area contributed by atoms with E-state index in [0.717, 1.165) is 24.8 Å². The van der Waals surface area contributed by atoms with Crippen LogP contribution in [0.15, 0.2) is 40.8 Å². The highest BCUT2D eigenvalue weighted by atomic mass is 32.2. The van der Waals surface area contributed by atoms with Crippen LogP contribution in [0.2, 0.25) is 0 Å². The zero-order valence-corrected chi connectivity index (χ0v) is 19.6. The first-order chi connectivity index (χ1) is 14.7. The van der Waals surface area contributed by atoms with Crippen molar-refractivity contribution in [1.29, 1.82) is 0 Å². The third kappa shape index (κ3) is 5.36. The minimum Gasteiger partial charge on any atom is -0.354 e. The Hall–Kier alpha value is -2.61. The number of sulfonamides is 1. The maximum absolute atomic E-state index is 13.6. The van der Waals surface area contributed by atoms with Crippen molar-refractivity contribution in [2.45, 2.75) is 57.8 Å². The lowest BCUT2D eigenvalue weighted by Crippen LogP contribution is -2.41. The standard InChI is InChI=1S/C23H32N4O3S/c1-17-10-12-21(13-11-17)27(31(29,30)23-18(2)25-26(4)19(23)3)16-22(28)24-15-14-20-8-6-5-7-9-20/h8,10-13H,5-7,9,14-16H2,1-4H3,(H,24,28). The van der Waals surface area contributed by atoms with Crippen LogP contribution in [0.4, 0.5) is 5.69 Å². The second-order valence-corrected chi connectivity index (χ2v) is 9.98. The Labute approximate surface area is 185 Å². The summed E-state index contributed by atoms with van der Waals surface area (Å²) in [6.45, 7) is 5.56. The molecule has 3 rings (SSSR count). The Kier molecular flexibility index (Phi) is 7.20. The summed E-state index contributed by atoms with van der Waals surface area (Å²) in [6.07, 6.45) is 7.68. The van der Waals surface area contributed by atoms with Crippen LogP contribution in [0, 0.1) is 20.8 Å². The second-order valence-electron chi connectivity index (χ2n) is 8.18. The number of hydrogen-bond donors (Lipinski definition) is 1. The minimum absolute atomic E-state index is 0.149. The third-order valence-corrected chi connectivity index (χ3v) is 7.78. The van der Waals surface area contributed by atoms with Crippen molar-refractivity contribution in [2.75, 3.05) is 17.4 Å². The number of hydrogen-bond acceptors (Lipinski definition) is 4. The van der Waals surface area contributed by atoms with Gasteiger partial charge in [0.15, 0.2) is 0 Å². The van der Waals surface area contributed by atoms with E-state index in [2.05, 4.69) is 16.5 Å². The number of rotatable bonds is 8. The molecule has 0 spiro atoms. The Morgan fingerprint density at radius 2 is 1.87 bits per heavy atom. The fourth-order valence-corrected chi connectivity index (χ4v) is 5.77. The number of nitrogens with zero attached hydrogens (tertiary/aromatic N) is 3. The van der Waals surface area contributed by atoms with Gasteiger partial charge in [0.05, 0.1) is 17.1 Å². The summed E-state index contributed by atoms with van der Waals surface area (Å²) in [5.41, 5.74) is 3.80. The van der Waals surface area contributed by atoms with E-state index < -0.39 is 10.0 Å². The van der Waals surface area contributed by atoms with Crippen molar-refractivity contribution in [2.24, 2.45) is 7.05 Å². The monoisotopic (exact) mass is 444 g/mol. The van der Waals surface area contributed by atoms with Crippen LogP contribution in [0.25, 0.3) is 0 Å². The van der Waals surface area contributed by atoms with E-state index in [1.807, 2.05) is 19.1 Å². The predicted octanol–water partition coefficient (Wildman–Crippen LogP) is 3.55. The van der Waals surface area contributed by atoms with Gasteiger partial charge in [-0.2, -0.15) is 5.10 Å². The molecule has 0 radical (unpaired) electrons. The fraction of sp³-hybridized carbons (Fsp3) is 0.478. The van der Waals surface area contributed by atoms with Gasteiger partial charge in [0.25, 0.3) is 10.0 Å². The van der Waals surface area contributed by atoms with E-state index >= 15 is 0 Å². The zero-order chi connectivity index (χ0) is 22.6. The summed E-state index contributed by atoms with van der Waals surface area (Å²) in [5.74, 6) is -0.320. The molecule has 0 bridgehead atoms. The molecule has 8 heteroatoms. The molecule has 1 amide bonds. The molecule has 1 heterocycles. The number of benzene rings is 1. The van der Waals surface area contributed by atoms with Gasteiger partial charge in [0.1, 0.15) is 11.4 Å². The molecule has 1 aliphatic rings. The Morgan fingerprint density at radius 3 is 2.45 bits per heavy atom. The number of anilines is 1. The number of allylic oxidation sites excluding steroid dienone is 1. The molecule has 1 aliphatic carbocycles. The van der Waals surface area contributed by atoms with Gasteiger partial charge in [-0.25, -0.2) is 8.42 Å². The van der Waals surface area contributed by atoms with Gasteiger partial charge in [-0.15, -0.1) is 0 Å². The van der Waals surface area contributed by atoms with Gasteiger partial charge < -0.3 is 5.32 Å². The average Bonchev–Trinajstić information content (AvgIpc) is 2.99. The number of carbonyl (C=O) groups excluding carboxylic acids is 1. The number of nitrogens with one attached hydrogen (secondary N) is 1. The highest BCUT2D eigenvalue weighted by molar-refractivity contribution is 7.93. The zero-order valence-electron chi connectivity index (χ0n) is 18.8. The molecule has 0 fully saturated rings. The van der Waals surface area contributed by atoms with E-state index in [9.17, 15) is 13.2 Å². The van der Waals surface area contributed by atoms with Gasteiger partial charge in [-0.1, -0.05) is 29.3 Å². The van der Waals surface area contributed by atoms with Crippen LogP contribution >= 0.6 is 0 Å². The van der Waals surface area contributed by atoms with Crippen LogP contribution in [0.5, 0.6) is 0 Å². The topological polar surface area (TPSA) is 84.3 Å². The summed E-state index contributed by atoms with van der Waals surface area (Å²) in [5, 5.41) is 7.14. The van der Waals surface area contributed by atoms with Crippen molar-refractivity contribution in [3.05, 3.63) is 52.9 Å². The van der Waals surface area contributed by atoms with Crippen molar-refractivity contribution >= 4 is 21.6 Å². The van der Waals surface area contributed by atoms with Crippen LogP contribution in [0.3, 0.4) is 0 Å². The minimum atomic E-state index is -3.97. The largest absolute Gasteiger partial charge is 0.354 e. The third-order valence-electron chi connectivity index (χ3n) is 5.75. The molecule has 1 N–H and O–H groups in total. The SMILES string of the molecule is Cc1ccc(N(CC(=O)NCCC2=CCCCC2)S(=O)(=O)c2c(C)nn(C)c2C)cc1. The molecule has 1 aromatic carbocycles. The number of aryl methyl sites for hydroxylation is 3. The fourth-order valence-electron chi connectivity index (χ4n) is 3.94. The van der Waals surface area contributed by atoms with Gasteiger partial charge in [-0.05, 0) is 65.0 Å². The molecule has 0 saturated heterocycles. The highest BCUT2D eigenvalue weighted by Gasteiger charge is 2.32. The van der Waals surface area contributed by atoms with Crippen LogP contribution < -0.4 is 9.62 Å². The molecule has 7 nitrogen and oxygen atoms in total. The molecule has 2 aromatic rings. The van der Waals surface area contributed by atoms with Crippen molar-refractivity contribution in [3.8, 4) is 0 Å². The normalized spacial score (nSPS) is 14.3. The Morgan fingerprint density at radius 1 is 1.16 bits per heavy atom. The molecule has 0 aliphatic heterocycles. The Balaban J connectivity index is 1.82. The molecule has 168 valence electrons. The van der Waals surface area contributed by atoms with Crippen molar-refractivity contribution < 1.29 is 13.2 Å². The predicted molar refractivity (Wildman–Crippen MR) is 123 cm³/mol. The van der Waals surface area contributed by atoms with E-state index in [4.69, 9.17) is 0 Å². The molecule has 0 atom stereocenters. The number of aromatic nitrogens is 2. The van der Waals surface area contributed by atoms with Gasteiger partial charge in [0, 0.05) is 13.6 Å². The maximum Gasteiger partial charge on any atom is 0.268 e. The summed E-state index contributed by atoms with van der Waals surface area (Å²) in [7, 11) is -2.26. The van der Waals surface area contributed by atoms with Crippen LogP contribution in [-0.4, -0.2) is 37.2 Å². The van der Waals surface area contributed by atoms with Crippen molar-refractivity contribution in [1.82, 2.24) is 15.1 Å². The Bertz CT molecular complexity index is 1070. The van der Waals surface area contributed by atoms with Gasteiger partial charge in [0.2, 0.25) is 5.91 Å². The molecular weight excluding hydrogens is 412 g/mol. The number of carbonyl (C=O) groups is 1. The van der Waals surface area contributed by atoms with Gasteiger partial charge in [-0.3, -0.25) is 13.8 Å². The second kappa shape index (κ2) is 9.68. The highest BCUT2D eigenvalue weighted by Crippen LogP contribution is 2.28. The first kappa shape index (κ1) is 23.1. The maximum atomic E-state index is 13.6. The quantitative estimate of drug-likeness (QED) is 0.631. The molecule has 0 unspecified atom stereocenters. The molecular formula is C23H32N4O3S. The summed E-state index contributed by atoms with van der Waals surface area (Å²) >= 11 is 0. The van der Waals surface area contributed by atoms with Crippen LogP contribution in [0.1, 0.15) is 49.1 Å². The van der Waals surface area contributed by atoms with Crippen LogP contribution in [-0.2, 0) is 21.9 Å². The lowest BCUT2D eigenvalue weighted by Gasteiger charge is -2.24. The van der Waals surface area contributed by atoms with E-state index in [-0.39, 0.29) is 17.3 Å². The van der Waals surface area contributed by atoms with E-state index in [0.29, 0.717) is 23.6 Å². The average molecular weight is 445 g/mol. The molecule has 1 aromatic heterocycles. The first-order valence-corrected chi connectivity index (χ1v) is 12.2. The molecule has 31 heavy (non-hydrogen) atoms. The number of amides is 1. The van der Waals surface area contributed by atoms with Gasteiger partial charge >= 0.3 is 0 Å². The summed E-state index contributed by atoms with van der Waals surface area (Å²) in [6, 6.07) is 7.14. The summed E-state index contributed by atoms with van der Waals surface area (Å²) in [4.78, 5) is 12.9. The first-order valence-electron chi connectivity index (χ1n) is 10.7.